The first-order valence-electron chi connectivity index (χ1n) is 7.17. The van der Waals surface area contributed by atoms with Crippen LogP contribution in [0.15, 0.2) is 18.2 Å². The number of pyridine rings is 1. The maximum Gasteiger partial charge on any atom is 0.144 e. The Kier molecular flexibility index (Phi) is 4.42. The monoisotopic (exact) mass is 317 g/mol. The lowest BCUT2D eigenvalue weighted by molar-refractivity contribution is 0.668. The summed E-state index contributed by atoms with van der Waals surface area (Å²) in [6, 6.07) is 8.22. The van der Waals surface area contributed by atoms with Crippen LogP contribution in [0, 0.1) is 11.3 Å². The van der Waals surface area contributed by atoms with Crippen molar-refractivity contribution in [1.29, 1.82) is 5.26 Å². The highest BCUT2D eigenvalue weighted by atomic mass is 35.5. The molecule has 0 unspecified atom stereocenters. The van der Waals surface area contributed by atoms with Gasteiger partial charge in [0, 0.05) is 17.1 Å². The first-order valence-corrected chi connectivity index (χ1v) is 8.36. The third kappa shape index (κ3) is 3.37. The second kappa shape index (κ2) is 6.46. The molecular formula is C16H16ClN3S. The third-order valence-electron chi connectivity index (χ3n) is 3.71. The van der Waals surface area contributed by atoms with Gasteiger partial charge in [0.1, 0.15) is 11.9 Å². The molecule has 0 atom stereocenters. The molecule has 1 aliphatic rings. The average molecular weight is 318 g/mol. The number of anilines is 1. The van der Waals surface area contributed by atoms with E-state index in [0.29, 0.717) is 5.56 Å². The summed E-state index contributed by atoms with van der Waals surface area (Å²) in [6.07, 6.45) is 5.35. The number of hydrogen-bond donors (Lipinski definition) is 1. The number of rotatable bonds is 4. The summed E-state index contributed by atoms with van der Waals surface area (Å²) in [5.74, 6) is 0.723. The lowest BCUT2D eigenvalue weighted by Crippen LogP contribution is -2.12. The number of halogens is 1. The smallest absolute Gasteiger partial charge is 0.144 e. The van der Waals surface area contributed by atoms with Crippen molar-refractivity contribution >= 4 is 28.8 Å². The van der Waals surface area contributed by atoms with Crippen LogP contribution in [0.5, 0.6) is 0 Å². The SMILES string of the molecule is N#Cc1cc2c(nc1NCCc1ccc(Cl)s1)CCCC2. The van der Waals surface area contributed by atoms with E-state index in [2.05, 4.69) is 16.4 Å². The highest BCUT2D eigenvalue weighted by molar-refractivity contribution is 7.16. The number of nitrogens with zero attached hydrogens (tertiary/aromatic N) is 2. The van der Waals surface area contributed by atoms with Gasteiger partial charge in [0.25, 0.3) is 0 Å². The van der Waals surface area contributed by atoms with Gasteiger partial charge in [0.2, 0.25) is 0 Å². The van der Waals surface area contributed by atoms with Crippen LogP contribution >= 0.6 is 22.9 Å². The van der Waals surface area contributed by atoms with Gasteiger partial charge in [-0.2, -0.15) is 5.26 Å². The molecule has 0 aromatic carbocycles. The van der Waals surface area contributed by atoms with Gasteiger partial charge in [-0.25, -0.2) is 4.98 Å². The van der Waals surface area contributed by atoms with Crippen molar-refractivity contribution in [2.24, 2.45) is 0 Å². The van der Waals surface area contributed by atoms with E-state index in [0.717, 1.165) is 41.7 Å². The van der Waals surface area contributed by atoms with E-state index in [4.69, 9.17) is 11.6 Å². The van der Waals surface area contributed by atoms with Gasteiger partial charge in [-0.15, -0.1) is 11.3 Å². The van der Waals surface area contributed by atoms with Crippen molar-refractivity contribution in [3.05, 3.63) is 44.2 Å². The second-order valence-corrected chi connectivity index (χ2v) is 6.99. The zero-order valence-electron chi connectivity index (χ0n) is 11.7. The molecule has 3 rings (SSSR count). The largest absolute Gasteiger partial charge is 0.369 e. The third-order valence-corrected chi connectivity index (χ3v) is 5.00. The maximum absolute atomic E-state index is 9.29. The molecule has 0 amide bonds. The molecule has 1 N–H and O–H groups in total. The summed E-state index contributed by atoms with van der Waals surface area (Å²) < 4.78 is 0.814. The summed E-state index contributed by atoms with van der Waals surface area (Å²) in [6.45, 7) is 0.761. The van der Waals surface area contributed by atoms with Crippen LogP contribution in [0.2, 0.25) is 4.34 Å². The number of thiophene rings is 1. The molecule has 0 saturated carbocycles. The molecule has 2 aromatic rings. The Morgan fingerprint density at radius 1 is 1.33 bits per heavy atom. The molecule has 5 heteroatoms. The first kappa shape index (κ1) is 14.4. The second-order valence-electron chi connectivity index (χ2n) is 5.19. The predicted octanol–water partition coefficient (Wildman–Crippen LogP) is 4.20. The Bertz CT molecular complexity index is 687. The quantitative estimate of drug-likeness (QED) is 0.919. The highest BCUT2D eigenvalue weighted by Crippen LogP contribution is 2.25. The molecule has 0 saturated heterocycles. The van der Waals surface area contributed by atoms with Crippen molar-refractivity contribution in [2.45, 2.75) is 32.1 Å². The van der Waals surface area contributed by atoms with Crippen molar-refractivity contribution in [1.82, 2.24) is 4.98 Å². The molecule has 0 spiro atoms. The zero-order chi connectivity index (χ0) is 14.7. The Balaban J connectivity index is 1.71. The minimum absolute atomic E-state index is 0.653. The Hall–Kier alpha value is -1.57. The number of aromatic nitrogens is 1. The van der Waals surface area contributed by atoms with Crippen molar-refractivity contribution in [3.8, 4) is 6.07 Å². The van der Waals surface area contributed by atoms with E-state index in [9.17, 15) is 5.26 Å². The minimum Gasteiger partial charge on any atom is -0.369 e. The van der Waals surface area contributed by atoms with Crippen LogP contribution in [-0.4, -0.2) is 11.5 Å². The Morgan fingerprint density at radius 3 is 2.95 bits per heavy atom. The predicted molar refractivity (Wildman–Crippen MR) is 87.1 cm³/mol. The molecule has 2 aromatic heterocycles. The van der Waals surface area contributed by atoms with Gasteiger partial charge in [-0.05, 0) is 55.9 Å². The van der Waals surface area contributed by atoms with Gasteiger partial charge in [0.05, 0.1) is 9.90 Å². The maximum atomic E-state index is 9.29. The summed E-state index contributed by atoms with van der Waals surface area (Å²) in [4.78, 5) is 5.90. The van der Waals surface area contributed by atoms with Crippen LogP contribution in [0.25, 0.3) is 0 Å². The zero-order valence-corrected chi connectivity index (χ0v) is 13.2. The van der Waals surface area contributed by atoms with Gasteiger partial charge in [-0.1, -0.05) is 11.6 Å². The summed E-state index contributed by atoms with van der Waals surface area (Å²) in [5.41, 5.74) is 3.05. The molecule has 21 heavy (non-hydrogen) atoms. The van der Waals surface area contributed by atoms with Crippen molar-refractivity contribution in [3.63, 3.8) is 0 Å². The molecule has 1 aliphatic carbocycles. The fourth-order valence-electron chi connectivity index (χ4n) is 2.64. The van der Waals surface area contributed by atoms with Crippen molar-refractivity contribution in [2.75, 3.05) is 11.9 Å². The molecule has 0 bridgehead atoms. The number of nitriles is 1. The van der Waals surface area contributed by atoms with E-state index in [1.54, 1.807) is 11.3 Å². The first-order chi connectivity index (χ1) is 10.3. The number of fused-ring (bicyclic) bond motifs is 1. The van der Waals surface area contributed by atoms with Crippen LogP contribution in [0.4, 0.5) is 5.82 Å². The molecule has 0 fully saturated rings. The molecule has 0 aliphatic heterocycles. The Labute approximate surface area is 133 Å². The van der Waals surface area contributed by atoms with Crippen LogP contribution in [0.3, 0.4) is 0 Å². The number of aryl methyl sites for hydroxylation is 2. The summed E-state index contributed by atoms with van der Waals surface area (Å²) >= 11 is 7.52. The standard InChI is InChI=1S/C16H16ClN3S/c17-15-6-5-13(21-15)7-8-19-16-12(10-18)9-11-3-1-2-4-14(11)20-16/h5-6,9H,1-4,7-8H2,(H,19,20). The van der Waals surface area contributed by atoms with Gasteiger partial charge >= 0.3 is 0 Å². The van der Waals surface area contributed by atoms with Gasteiger partial charge in [-0.3, -0.25) is 0 Å². The molecule has 0 radical (unpaired) electrons. The Morgan fingerprint density at radius 2 is 2.19 bits per heavy atom. The molecular weight excluding hydrogens is 302 g/mol. The molecule has 108 valence electrons. The van der Waals surface area contributed by atoms with Crippen LogP contribution in [-0.2, 0) is 19.3 Å². The minimum atomic E-state index is 0.653. The average Bonchev–Trinajstić information content (AvgIpc) is 2.92. The van der Waals surface area contributed by atoms with E-state index in [1.807, 2.05) is 18.2 Å². The van der Waals surface area contributed by atoms with E-state index < -0.39 is 0 Å². The van der Waals surface area contributed by atoms with Crippen LogP contribution in [0.1, 0.15) is 34.5 Å². The van der Waals surface area contributed by atoms with Gasteiger partial charge in [0.15, 0.2) is 0 Å². The molecule has 2 heterocycles. The van der Waals surface area contributed by atoms with Crippen molar-refractivity contribution < 1.29 is 0 Å². The van der Waals surface area contributed by atoms with E-state index >= 15 is 0 Å². The number of nitrogens with one attached hydrogen (secondary N) is 1. The lowest BCUT2D eigenvalue weighted by Gasteiger charge is -2.17. The van der Waals surface area contributed by atoms with Gasteiger partial charge < -0.3 is 5.32 Å². The highest BCUT2D eigenvalue weighted by Gasteiger charge is 2.14. The fourth-order valence-corrected chi connectivity index (χ4v) is 3.73. The normalized spacial score (nSPS) is 13.5. The summed E-state index contributed by atoms with van der Waals surface area (Å²) in [7, 11) is 0. The van der Waals surface area contributed by atoms with E-state index in [-0.39, 0.29) is 0 Å². The number of hydrogen-bond acceptors (Lipinski definition) is 4. The fraction of sp³-hybridized carbons (Fsp3) is 0.375. The molecule has 3 nitrogen and oxygen atoms in total. The lowest BCUT2D eigenvalue weighted by atomic mass is 9.95. The van der Waals surface area contributed by atoms with Crippen LogP contribution < -0.4 is 5.32 Å². The van der Waals surface area contributed by atoms with E-state index in [1.165, 1.54) is 23.3 Å². The topological polar surface area (TPSA) is 48.7 Å². The summed E-state index contributed by atoms with van der Waals surface area (Å²) in [5, 5.41) is 12.6.